The molecule has 0 aliphatic carbocycles. The van der Waals surface area contributed by atoms with E-state index in [1.807, 2.05) is 68.4 Å². The van der Waals surface area contributed by atoms with Crippen LogP contribution >= 0.6 is 0 Å². The zero-order valence-corrected chi connectivity index (χ0v) is 16.5. The molecule has 2 aromatic carbocycles. The quantitative estimate of drug-likeness (QED) is 0.669. The summed E-state index contributed by atoms with van der Waals surface area (Å²) in [6.07, 6.45) is 1.71. The van der Waals surface area contributed by atoms with Gasteiger partial charge in [0, 0.05) is 17.1 Å². The van der Waals surface area contributed by atoms with Gasteiger partial charge < -0.3 is 19.9 Å². The molecule has 0 amide bonds. The smallest absolute Gasteiger partial charge is 0.361 e. The number of benzene rings is 2. The van der Waals surface area contributed by atoms with Crippen LogP contribution < -0.4 is 10.5 Å². The minimum Gasteiger partial charge on any atom is -0.434 e. The van der Waals surface area contributed by atoms with Crippen LogP contribution in [0.1, 0.15) is 30.9 Å². The summed E-state index contributed by atoms with van der Waals surface area (Å²) in [6, 6.07) is 19.7. The lowest BCUT2D eigenvalue weighted by Gasteiger charge is -2.49. The van der Waals surface area contributed by atoms with Crippen LogP contribution in [0, 0.1) is 11.3 Å². The molecule has 2 atom stereocenters. The van der Waals surface area contributed by atoms with E-state index in [-0.39, 0.29) is 13.2 Å². The van der Waals surface area contributed by atoms with Crippen molar-refractivity contribution < 1.29 is 14.2 Å². The molecule has 148 valence electrons. The Bertz CT molecular complexity index is 1060. The molecule has 2 unspecified atom stereocenters. The minimum absolute atomic E-state index is 0.260. The van der Waals surface area contributed by atoms with Gasteiger partial charge in [-0.2, -0.15) is 5.26 Å². The van der Waals surface area contributed by atoms with Gasteiger partial charge in [-0.25, -0.2) is 0 Å². The molecule has 4 rings (SSSR count). The summed E-state index contributed by atoms with van der Waals surface area (Å²) >= 11 is 0. The second kappa shape index (κ2) is 7.45. The number of aromatic nitrogens is 1. The Balaban J connectivity index is 2.07. The highest BCUT2D eigenvalue weighted by atomic mass is 16.9. The number of hydrogen-bond acceptors (Lipinski definition) is 6. The van der Waals surface area contributed by atoms with Gasteiger partial charge in [-0.1, -0.05) is 48.5 Å². The molecule has 1 aromatic heterocycles. The number of fused-ring (bicyclic) bond motifs is 3. The number of nitrogens with zero attached hydrogens (tertiary/aromatic N) is 2. The monoisotopic (exact) mass is 389 g/mol. The van der Waals surface area contributed by atoms with Crippen LogP contribution in [0.15, 0.2) is 60.8 Å². The molecular formula is C23H23N3O3. The van der Waals surface area contributed by atoms with Crippen molar-refractivity contribution >= 4 is 10.9 Å². The Hall–Kier alpha value is -2.98. The molecule has 2 N–H and O–H groups in total. The lowest BCUT2D eigenvalue weighted by atomic mass is 9.72. The van der Waals surface area contributed by atoms with Crippen molar-refractivity contribution in [1.82, 2.24) is 4.98 Å². The highest BCUT2D eigenvalue weighted by molar-refractivity contribution is 5.87. The van der Waals surface area contributed by atoms with E-state index in [4.69, 9.17) is 19.9 Å². The Morgan fingerprint density at radius 3 is 2.45 bits per heavy atom. The number of ether oxygens (including phenoxy) is 3. The number of nitrogens with two attached hydrogens (primary N) is 1. The molecule has 0 radical (unpaired) electrons. The average Bonchev–Trinajstić information content (AvgIpc) is 2.75. The van der Waals surface area contributed by atoms with Crippen LogP contribution in [-0.4, -0.2) is 29.7 Å². The first kappa shape index (κ1) is 19.3. The maximum Gasteiger partial charge on any atom is 0.361 e. The molecular weight excluding hydrogens is 366 g/mol. The van der Waals surface area contributed by atoms with Crippen molar-refractivity contribution in [2.45, 2.75) is 31.3 Å². The lowest BCUT2D eigenvalue weighted by molar-refractivity contribution is -0.369. The molecule has 3 aromatic rings. The van der Waals surface area contributed by atoms with Crippen molar-refractivity contribution in [2.75, 3.05) is 13.2 Å². The number of rotatable bonds is 5. The standard InChI is InChI=1S/C23H23N3O3/c1-3-27-23(28-4-2)22(25,15-24)19(16-9-6-5-7-10-16)18-13-12-17-11-8-14-26-20(17)21(18)29-23/h5-14,19H,3-4,25H2,1-2H3. The van der Waals surface area contributed by atoms with Crippen molar-refractivity contribution in [1.29, 1.82) is 5.26 Å². The van der Waals surface area contributed by atoms with Crippen LogP contribution in [0.3, 0.4) is 0 Å². The maximum absolute atomic E-state index is 10.3. The zero-order valence-electron chi connectivity index (χ0n) is 16.5. The van der Waals surface area contributed by atoms with Gasteiger partial charge in [0.2, 0.25) is 5.54 Å². The summed E-state index contributed by atoms with van der Waals surface area (Å²) in [5, 5.41) is 11.2. The van der Waals surface area contributed by atoms with E-state index in [0.717, 1.165) is 16.5 Å². The van der Waals surface area contributed by atoms with Gasteiger partial charge in [-0.15, -0.1) is 0 Å². The summed E-state index contributed by atoms with van der Waals surface area (Å²) < 4.78 is 18.2. The first-order valence-corrected chi connectivity index (χ1v) is 9.69. The topological polar surface area (TPSA) is 90.4 Å². The Kier molecular flexibility index (Phi) is 4.97. The molecule has 6 nitrogen and oxygen atoms in total. The van der Waals surface area contributed by atoms with Crippen LogP contribution in [0.5, 0.6) is 5.75 Å². The SMILES string of the molecule is CCOC1(OCC)Oc2c(ccc3cccnc23)C(c2ccccc2)C1(N)C#N. The summed E-state index contributed by atoms with van der Waals surface area (Å²) in [5.74, 6) is -1.79. The van der Waals surface area contributed by atoms with E-state index in [9.17, 15) is 5.26 Å². The highest BCUT2D eigenvalue weighted by Gasteiger charge is 2.64. The van der Waals surface area contributed by atoms with E-state index in [1.54, 1.807) is 6.20 Å². The fraction of sp³-hybridized carbons (Fsp3) is 0.304. The van der Waals surface area contributed by atoms with Crippen LogP contribution in [0.25, 0.3) is 10.9 Å². The van der Waals surface area contributed by atoms with E-state index in [1.165, 1.54) is 0 Å². The third kappa shape index (κ3) is 2.87. The minimum atomic E-state index is -1.77. The third-order valence-electron chi connectivity index (χ3n) is 5.25. The normalized spacial score (nSPS) is 22.5. The molecule has 29 heavy (non-hydrogen) atoms. The Labute approximate surface area is 169 Å². The van der Waals surface area contributed by atoms with E-state index in [2.05, 4.69) is 11.1 Å². The second-order valence-corrected chi connectivity index (χ2v) is 6.91. The Morgan fingerprint density at radius 1 is 1.07 bits per heavy atom. The molecule has 0 fully saturated rings. The molecule has 0 saturated carbocycles. The van der Waals surface area contributed by atoms with Crippen LogP contribution in [0.2, 0.25) is 0 Å². The molecule has 1 aliphatic heterocycles. The van der Waals surface area contributed by atoms with Gasteiger partial charge in [0.15, 0.2) is 5.75 Å². The molecule has 1 aliphatic rings. The fourth-order valence-electron chi connectivity index (χ4n) is 4.05. The predicted octanol–water partition coefficient (Wildman–Crippen LogP) is 3.71. The fourth-order valence-corrected chi connectivity index (χ4v) is 4.05. The van der Waals surface area contributed by atoms with Crippen molar-refractivity contribution in [2.24, 2.45) is 5.73 Å². The molecule has 0 saturated heterocycles. The second-order valence-electron chi connectivity index (χ2n) is 6.91. The summed E-state index contributed by atoms with van der Waals surface area (Å²) in [6.45, 7) is 4.15. The Morgan fingerprint density at radius 2 is 1.79 bits per heavy atom. The van der Waals surface area contributed by atoms with Gasteiger partial charge >= 0.3 is 5.97 Å². The van der Waals surface area contributed by atoms with Gasteiger partial charge in [-0.3, -0.25) is 4.98 Å². The van der Waals surface area contributed by atoms with Crippen molar-refractivity contribution in [3.05, 3.63) is 71.9 Å². The summed E-state index contributed by atoms with van der Waals surface area (Å²) in [7, 11) is 0. The summed E-state index contributed by atoms with van der Waals surface area (Å²) in [5.41, 5.74) is 7.49. The van der Waals surface area contributed by atoms with E-state index >= 15 is 0 Å². The van der Waals surface area contributed by atoms with E-state index < -0.39 is 17.4 Å². The molecule has 0 bridgehead atoms. The van der Waals surface area contributed by atoms with Gasteiger partial charge in [-0.05, 0) is 25.5 Å². The maximum atomic E-state index is 10.3. The molecule has 0 spiro atoms. The first-order chi connectivity index (χ1) is 14.1. The summed E-state index contributed by atoms with van der Waals surface area (Å²) in [4.78, 5) is 4.52. The lowest BCUT2D eigenvalue weighted by Crippen LogP contribution is -2.70. The van der Waals surface area contributed by atoms with Crippen LogP contribution in [0.4, 0.5) is 0 Å². The highest BCUT2D eigenvalue weighted by Crippen LogP contribution is 2.52. The van der Waals surface area contributed by atoms with Crippen molar-refractivity contribution in [3.63, 3.8) is 0 Å². The van der Waals surface area contributed by atoms with Gasteiger partial charge in [0.1, 0.15) is 5.52 Å². The predicted molar refractivity (Wildman–Crippen MR) is 109 cm³/mol. The zero-order chi connectivity index (χ0) is 20.5. The number of pyridine rings is 1. The molecule has 6 heteroatoms. The molecule has 2 heterocycles. The largest absolute Gasteiger partial charge is 0.434 e. The van der Waals surface area contributed by atoms with Crippen molar-refractivity contribution in [3.8, 4) is 11.8 Å². The number of hydrogen-bond donors (Lipinski definition) is 1. The van der Waals surface area contributed by atoms with Gasteiger partial charge in [0.25, 0.3) is 0 Å². The first-order valence-electron chi connectivity index (χ1n) is 9.69. The van der Waals surface area contributed by atoms with E-state index in [0.29, 0.717) is 11.3 Å². The third-order valence-corrected chi connectivity index (χ3v) is 5.25. The van der Waals surface area contributed by atoms with Crippen LogP contribution in [-0.2, 0) is 9.47 Å². The number of nitriles is 1. The average molecular weight is 389 g/mol. The van der Waals surface area contributed by atoms with Gasteiger partial charge in [0.05, 0.1) is 25.2 Å².